The predicted octanol–water partition coefficient (Wildman–Crippen LogP) is 6.94. The molecule has 0 spiro atoms. The largest absolute Gasteiger partial charge is 0.372 e. The Hall–Kier alpha value is -3.16. The van der Waals surface area contributed by atoms with Crippen LogP contribution in [0.15, 0.2) is 85.4 Å². The van der Waals surface area contributed by atoms with Gasteiger partial charge in [-0.15, -0.1) is 0 Å². The average Bonchev–Trinajstić information content (AvgIpc) is 2.73. The van der Waals surface area contributed by atoms with E-state index in [0.717, 1.165) is 5.56 Å². The van der Waals surface area contributed by atoms with E-state index in [9.17, 15) is 0 Å². The number of hydrogen-bond donors (Lipinski definition) is 0. The standard InChI is InChI=1S/C26H20O/c1-2-18-5-3-6-19(15-18)16-27-17-23-12-11-22-10-9-20-7-4-8-21-13-14-24(23)26(22)25(20)21/h2-15H,1,16-17H2. The number of ether oxygens (including phenoxy) is 1. The van der Waals surface area contributed by atoms with Gasteiger partial charge in [-0.2, -0.15) is 0 Å². The van der Waals surface area contributed by atoms with Crippen molar-refractivity contribution in [1.82, 2.24) is 0 Å². The van der Waals surface area contributed by atoms with E-state index in [1.54, 1.807) is 0 Å². The first-order valence-corrected chi connectivity index (χ1v) is 9.28. The molecule has 5 aromatic rings. The molecule has 0 unspecified atom stereocenters. The maximum absolute atomic E-state index is 6.06. The summed E-state index contributed by atoms with van der Waals surface area (Å²) in [5, 5.41) is 7.87. The lowest BCUT2D eigenvalue weighted by molar-refractivity contribution is 0.108. The van der Waals surface area contributed by atoms with Gasteiger partial charge in [0.2, 0.25) is 0 Å². The maximum Gasteiger partial charge on any atom is 0.0727 e. The summed E-state index contributed by atoms with van der Waals surface area (Å²) in [5.41, 5.74) is 3.53. The smallest absolute Gasteiger partial charge is 0.0727 e. The Kier molecular flexibility index (Phi) is 3.88. The van der Waals surface area contributed by atoms with Gasteiger partial charge in [-0.1, -0.05) is 85.5 Å². The van der Waals surface area contributed by atoms with E-state index >= 15 is 0 Å². The van der Waals surface area contributed by atoms with Crippen LogP contribution in [0, 0.1) is 0 Å². The summed E-state index contributed by atoms with van der Waals surface area (Å²) in [6.07, 6.45) is 1.87. The van der Waals surface area contributed by atoms with E-state index in [-0.39, 0.29) is 0 Å². The summed E-state index contributed by atoms with van der Waals surface area (Å²) in [4.78, 5) is 0. The van der Waals surface area contributed by atoms with Crippen molar-refractivity contribution in [3.8, 4) is 0 Å². The zero-order valence-electron chi connectivity index (χ0n) is 15.1. The first kappa shape index (κ1) is 16.0. The summed E-state index contributed by atoms with van der Waals surface area (Å²) >= 11 is 0. The van der Waals surface area contributed by atoms with E-state index in [2.05, 4.69) is 79.4 Å². The second kappa shape index (κ2) is 6.53. The molecule has 0 bridgehead atoms. The van der Waals surface area contributed by atoms with Crippen molar-refractivity contribution in [3.05, 3.63) is 102 Å². The van der Waals surface area contributed by atoms with Gasteiger partial charge >= 0.3 is 0 Å². The van der Waals surface area contributed by atoms with Crippen LogP contribution < -0.4 is 0 Å². The monoisotopic (exact) mass is 348 g/mol. The molecule has 0 aliphatic rings. The van der Waals surface area contributed by atoms with Crippen LogP contribution in [0.2, 0.25) is 0 Å². The minimum Gasteiger partial charge on any atom is -0.372 e. The van der Waals surface area contributed by atoms with Gasteiger partial charge in [0.1, 0.15) is 0 Å². The minimum atomic E-state index is 0.601. The number of benzene rings is 5. The van der Waals surface area contributed by atoms with Crippen molar-refractivity contribution in [3.63, 3.8) is 0 Å². The highest BCUT2D eigenvalue weighted by molar-refractivity contribution is 6.23. The Morgan fingerprint density at radius 1 is 0.704 bits per heavy atom. The SMILES string of the molecule is C=Cc1cccc(COCc2ccc3ccc4cccc5ccc2c3c45)c1. The predicted molar refractivity (Wildman–Crippen MR) is 115 cm³/mol. The van der Waals surface area contributed by atoms with Gasteiger partial charge in [0, 0.05) is 0 Å². The normalized spacial score (nSPS) is 11.6. The van der Waals surface area contributed by atoms with Gasteiger partial charge in [-0.3, -0.25) is 0 Å². The summed E-state index contributed by atoms with van der Waals surface area (Å²) in [7, 11) is 0. The molecule has 0 amide bonds. The fourth-order valence-corrected chi connectivity index (χ4v) is 4.01. The van der Waals surface area contributed by atoms with Crippen LogP contribution in [-0.2, 0) is 18.0 Å². The molecule has 0 radical (unpaired) electrons. The molecule has 0 aliphatic carbocycles. The molecule has 1 nitrogen and oxygen atoms in total. The Bertz CT molecular complexity index is 1250. The van der Waals surface area contributed by atoms with E-state index in [0.29, 0.717) is 13.2 Å². The lowest BCUT2D eigenvalue weighted by Gasteiger charge is -2.14. The molecule has 27 heavy (non-hydrogen) atoms. The zero-order valence-corrected chi connectivity index (χ0v) is 15.1. The minimum absolute atomic E-state index is 0.601. The first-order chi connectivity index (χ1) is 13.3. The van der Waals surface area contributed by atoms with Crippen molar-refractivity contribution in [2.75, 3.05) is 0 Å². The molecule has 5 aromatic carbocycles. The van der Waals surface area contributed by atoms with Gasteiger partial charge in [0.25, 0.3) is 0 Å². The van der Waals surface area contributed by atoms with Crippen LogP contribution in [0.25, 0.3) is 38.4 Å². The Balaban J connectivity index is 1.50. The third-order valence-electron chi connectivity index (χ3n) is 5.33. The molecule has 0 saturated heterocycles. The Morgan fingerprint density at radius 2 is 1.41 bits per heavy atom. The van der Waals surface area contributed by atoms with Crippen LogP contribution in [0.1, 0.15) is 16.7 Å². The molecule has 0 aromatic heterocycles. The van der Waals surface area contributed by atoms with Crippen molar-refractivity contribution < 1.29 is 4.74 Å². The summed E-state index contributed by atoms with van der Waals surface area (Å²) < 4.78 is 6.06. The molecule has 1 heteroatoms. The summed E-state index contributed by atoms with van der Waals surface area (Å²) in [6.45, 7) is 5.04. The molecule has 0 fully saturated rings. The Labute approximate surface area is 158 Å². The zero-order chi connectivity index (χ0) is 18.2. The van der Waals surface area contributed by atoms with E-state index in [1.807, 2.05) is 12.1 Å². The second-order valence-electron chi connectivity index (χ2n) is 7.02. The van der Waals surface area contributed by atoms with Crippen molar-refractivity contribution in [2.24, 2.45) is 0 Å². The second-order valence-corrected chi connectivity index (χ2v) is 7.02. The summed E-state index contributed by atoms with van der Waals surface area (Å²) in [5.74, 6) is 0. The lowest BCUT2D eigenvalue weighted by atomic mass is 9.92. The van der Waals surface area contributed by atoms with Crippen LogP contribution in [0.4, 0.5) is 0 Å². The number of rotatable bonds is 5. The first-order valence-electron chi connectivity index (χ1n) is 9.28. The van der Waals surface area contributed by atoms with Gasteiger partial charge in [-0.25, -0.2) is 0 Å². The molecule has 0 aliphatic heterocycles. The lowest BCUT2D eigenvalue weighted by Crippen LogP contribution is -1.96. The molecule has 0 heterocycles. The molecular formula is C26H20O. The van der Waals surface area contributed by atoms with Crippen molar-refractivity contribution >= 4 is 38.4 Å². The molecule has 0 atom stereocenters. The number of hydrogen-bond acceptors (Lipinski definition) is 1. The van der Waals surface area contributed by atoms with Gasteiger partial charge in [0.05, 0.1) is 13.2 Å². The van der Waals surface area contributed by atoms with Crippen molar-refractivity contribution in [1.29, 1.82) is 0 Å². The van der Waals surface area contributed by atoms with Gasteiger partial charge < -0.3 is 4.74 Å². The third kappa shape index (κ3) is 2.77. The van der Waals surface area contributed by atoms with Gasteiger partial charge in [0.15, 0.2) is 0 Å². The molecule has 130 valence electrons. The van der Waals surface area contributed by atoms with Crippen LogP contribution in [0.5, 0.6) is 0 Å². The molecule has 5 rings (SSSR count). The topological polar surface area (TPSA) is 9.23 Å². The highest BCUT2D eigenvalue weighted by Crippen LogP contribution is 2.36. The van der Waals surface area contributed by atoms with Crippen LogP contribution in [0.3, 0.4) is 0 Å². The fourth-order valence-electron chi connectivity index (χ4n) is 4.01. The molecular weight excluding hydrogens is 328 g/mol. The van der Waals surface area contributed by atoms with Crippen molar-refractivity contribution in [2.45, 2.75) is 13.2 Å². The fraction of sp³-hybridized carbons (Fsp3) is 0.0769. The van der Waals surface area contributed by atoms with Gasteiger partial charge in [-0.05, 0) is 55.1 Å². The van der Waals surface area contributed by atoms with Crippen LogP contribution in [-0.4, -0.2) is 0 Å². The van der Waals surface area contributed by atoms with Crippen LogP contribution >= 0.6 is 0 Å². The summed E-state index contributed by atoms with van der Waals surface area (Å²) in [6, 6.07) is 28.1. The molecule has 0 N–H and O–H groups in total. The average molecular weight is 348 g/mol. The van der Waals surface area contributed by atoms with E-state index in [4.69, 9.17) is 4.74 Å². The quantitative estimate of drug-likeness (QED) is 0.312. The highest BCUT2D eigenvalue weighted by Gasteiger charge is 2.10. The maximum atomic E-state index is 6.06. The Morgan fingerprint density at radius 3 is 2.22 bits per heavy atom. The van der Waals surface area contributed by atoms with E-state index < -0.39 is 0 Å². The highest BCUT2D eigenvalue weighted by atomic mass is 16.5. The van der Waals surface area contributed by atoms with E-state index in [1.165, 1.54) is 43.4 Å². The molecule has 0 saturated carbocycles. The third-order valence-corrected chi connectivity index (χ3v) is 5.33.